The molecule has 0 saturated carbocycles. The maximum atomic E-state index is 12.0. The Hall–Kier alpha value is -1.70. The van der Waals surface area contributed by atoms with Crippen LogP contribution in [-0.4, -0.2) is 22.0 Å². The largest absolute Gasteiger partial charge is 0.352 e. The average molecular weight is 415 g/mol. The fourth-order valence-corrected chi connectivity index (χ4v) is 3.23. The van der Waals surface area contributed by atoms with E-state index in [2.05, 4.69) is 20.8 Å². The number of amides is 2. The quantitative estimate of drug-likeness (QED) is 0.742. The number of benzene rings is 1. The Morgan fingerprint density at radius 3 is 2.42 bits per heavy atom. The molecule has 0 spiro atoms. The maximum absolute atomic E-state index is 12.0. The molecular weight excluding hydrogens is 395 g/mol. The molecule has 2 N–H and O–H groups in total. The van der Waals surface area contributed by atoms with Gasteiger partial charge in [0.2, 0.25) is 16.9 Å². The molecule has 2 aromatic rings. The molecule has 1 heterocycles. The second-order valence-corrected chi connectivity index (χ2v) is 8.54. The first kappa shape index (κ1) is 20.6. The first-order chi connectivity index (χ1) is 12.1. The lowest BCUT2D eigenvalue weighted by Gasteiger charge is -2.12. The van der Waals surface area contributed by atoms with E-state index in [1.54, 1.807) is 18.2 Å². The summed E-state index contributed by atoms with van der Waals surface area (Å²) in [6.45, 7) is 6.35. The highest BCUT2D eigenvalue weighted by Gasteiger charge is 2.20. The fourth-order valence-electron chi connectivity index (χ4n) is 1.93. The molecule has 140 valence electrons. The minimum atomic E-state index is -0.277. The summed E-state index contributed by atoms with van der Waals surface area (Å²) in [5.74, 6) is -0.514. The van der Waals surface area contributed by atoms with Crippen molar-refractivity contribution in [3.05, 3.63) is 38.8 Å². The van der Waals surface area contributed by atoms with Crippen LogP contribution in [0.15, 0.2) is 18.2 Å². The van der Waals surface area contributed by atoms with Crippen molar-refractivity contribution in [2.75, 3.05) is 5.32 Å². The number of rotatable bonds is 6. The lowest BCUT2D eigenvalue weighted by Crippen LogP contribution is -2.24. The second-order valence-electron chi connectivity index (χ2n) is 6.72. The van der Waals surface area contributed by atoms with Gasteiger partial charge in [-0.3, -0.25) is 9.59 Å². The van der Waals surface area contributed by atoms with Crippen molar-refractivity contribution >= 4 is 51.5 Å². The van der Waals surface area contributed by atoms with Crippen LogP contribution >= 0.6 is 34.5 Å². The number of nitrogens with one attached hydrogen (secondary N) is 2. The van der Waals surface area contributed by atoms with Crippen LogP contribution in [0.3, 0.4) is 0 Å². The zero-order valence-electron chi connectivity index (χ0n) is 14.7. The normalized spacial score (nSPS) is 11.3. The summed E-state index contributed by atoms with van der Waals surface area (Å²) in [4.78, 5) is 23.9. The Morgan fingerprint density at radius 1 is 1.12 bits per heavy atom. The van der Waals surface area contributed by atoms with E-state index in [-0.39, 0.29) is 36.6 Å². The molecule has 0 aliphatic carbocycles. The highest BCUT2D eigenvalue weighted by molar-refractivity contribution is 7.15. The molecular formula is C17H20Cl2N4O2S. The summed E-state index contributed by atoms with van der Waals surface area (Å²) >= 11 is 13.2. The molecule has 9 heteroatoms. The van der Waals surface area contributed by atoms with Gasteiger partial charge in [-0.15, -0.1) is 10.2 Å². The molecule has 0 saturated heterocycles. The van der Waals surface area contributed by atoms with E-state index < -0.39 is 0 Å². The molecule has 26 heavy (non-hydrogen) atoms. The smallest absolute Gasteiger partial charge is 0.226 e. The van der Waals surface area contributed by atoms with Crippen LogP contribution in [-0.2, 0) is 21.5 Å². The second kappa shape index (κ2) is 8.79. The van der Waals surface area contributed by atoms with E-state index in [1.807, 2.05) is 20.8 Å². The zero-order valence-corrected chi connectivity index (χ0v) is 17.1. The van der Waals surface area contributed by atoms with Gasteiger partial charge >= 0.3 is 0 Å². The predicted molar refractivity (Wildman–Crippen MR) is 105 cm³/mol. The summed E-state index contributed by atoms with van der Waals surface area (Å²) < 4.78 is 0. The molecule has 1 aromatic carbocycles. The molecule has 0 unspecified atom stereocenters. The van der Waals surface area contributed by atoms with Gasteiger partial charge in [0.25, 0.3) is 0 Å². The third kappa shape index (κ3) is 6.23. The van der Waals surface area contributed by atoms with Crippen molar-refractivity contribution in [2.24, 2.45) is 0 Å². The SMILES string of the molecule is CC(C)(C)c1nnc(NC(=O)CCC(=O)NCc2ccc(Cl)cc2Cl)s1. The summed E-state index contributed by atoms with van der Waals surface area (Å²) in [6, 6.07) is 5.07. The molecule has 0 aliphatic rings. The van der Waals surface area contributed by atoms with Crippen LogP contribution in [0.25, 0.3) is 0 Å². The van der Waals surface area contributed by atoms with E-state index in [4.69, 9.17) is 23.2 Å². The first-order valence-electron chi connectivity index (χ1n) is 7.99. The molecule has 0 atom stereocenters. The van der Waals surface area contributed by atoms with Crippen molar-refractivity contribution in [1.82, 2.24) is 15.5 Å². The first-order valence-corrected chi connectivity index (χ1v) is 9.57. The molecule has 0 bridgehead atoms. The number of carbonyl (C=O) groups excluding carboxylic acids is 2. The number of hydrogen-bond donors (Lipinski definition) is 2. The average Bonchev–Trinajstić information content (AvgIpc) is 3.01. The van der Waals surface area contributed by atoms with Gasteiger partial charge in [0.1, 0.15) is 5.01 Å². The number of nitrogens with zero attached hydrogens (tertiary/aromatic N) is 2. The lowest BCUT2D eigenvalue weighted by molar-refractivity contribution is -0.124. The third-order valence-corrected chi connectivity index (χ3v) is 5.23. The highest BCUT2D eigenvalue weighted by Crippen LogP contribution is 2.27. The number of halogens is 2. The number of hydrogen-bond acceptors (Lipinski definition) is 5. The summed E-state index contributed by atoms with van der Waals surface area (Å²) in [6.07, 6.45) is 0.132. The van der Waals surface area contributed by atoms with Gasteiger partial charge in [0.15, 0.2) is 0 Å². The van der Waals surface area contributed by atoms with E-state index in [0.29, 0.717) is 15.2 Å². The van der Waals surface area contributed by atoms with Crippen LogP contribution in [0.1, 0.15) is 44.2 Å². The van der Waals surface area contributed by atoms with Gasteiger partial charge in [0, 0.05) is 34.8 Å². The molecule has 0 fully saturated rings. The molecule has 0 aliphatic heterocycles. The highest BCUT2D eigenvalue weighted by atomic mass is 35.5. The van der Waals surface area contributed by atoms with Crippen LogP contribution in [0, 0.1) is 0 Å². The van der Waals surface area contributed by atoms with Crippen LogP contribution in [0.5, 0.6) is 0 Å². The van der Waals surface area contributed by atoms with Crippen LogP contribution < -0.4 is 10.6 Å². The van der Waals surface area contributed by atoms with Gasteiger partial charge in [-0.1, -0.05) is 61.4 Å². The number of carbonyl (C=O) groups is 2. The maximum Gasteiger partial charge on any atom is 0.226 e. The Bertz CT molecular complexity index is 802. The molecule has 6 nitrogen and oxygen atoms in total. The van der Waals surface area contributed by atoms with Crippen molar-refractivity contribution in [3.8, 4) is 0 Å². The molecule has 2 amide bonds. The Kier molecular flexibility index (Phi) is 6.97. The fraction of sp³-hybridized carbons (Fsp3) is 0.412. The van der Waals surface area contributed by atoms with Crippen molar-refractivity contribution < 1.29 is 9.59 Å². The van der Waals surface area contributed by atoms with E-state index in [9.17, 15) is 9.59 Å². The van der Waals surface area contributed by atoms with Gasteiger partial charge in [-0.2, -0.15) is 0 Å². The predicted octanol–water partition coefficient (Wildman–Crippen LogP) is 4.18. The topological polar surface area (TPSA) is 84.0 Å². The molecule has 1 aromatic heterocycles. The Balaban J connectivity index is 1.76. The van der Waals surface area contributed by atoms with Gasteiger partial charge in [0.05, 0.1) is 0 Å². The standard InChI is InChI=1S/C17H20Cl2N4O2S/c1-17(2,3)15-22-23-16(26-15)21-14(25)7-6-13(24)20-9-10-4-5-11(18)8-12(10)19/h4-5,8H,6-7,9H2,1-3H3,(H,20,24)(H,21,23,25). The minimum absolute atomic E-state index is 0.0601. The Morgan fingerprint density at radius 2 is 1.81 bits per heavy atom. The Labute approximate surface area is 166 Å². The van der Waals surface area contributed by atoms with E-state index in [0.717, 1.165) is 10.6 Å². The monoisotopic (exact) mass is 414 g/mol. The van der Waals surface area contributed by atoms with Gasteiger partial charge in [-0.25, -0.2) is 0 Å². The third-order valence-electron chi connectivity index (χ3n) is 3.38. The molecule has 0 radical (unpaired) electrons. The summed E-state index contributed by atoms with van der Waals surface area (Å²) in [5, 5.41) is 15.7. The zero-order chi connectivity index (χ0) is 19.3. The van der Waals surface area contributed by atoms with Crippen molar-refractivity contribution in [2.45, 2.75) is 45.6 Å². The molecule has 2 rings (SSSR count). The number of aromatic nitrogens is 2. The minimum Gasteiger partial charge on any atom is -0.352 e. The van der Waals surface area contributed by atoms with Crippen molar-refractivity contribution in [1.29, 1.82) is 0 Å². The summed E-state index contributed by atoms with van der Waals surface area (Å²) in [7, 11) is 0. The van der Waals surface area contributed by atoms with Gasteiger partial charge in [-0.05, 0) is 17.7 Å². The number of anilines is 1. The summed E-state index contributed by atoms with van der Waals surface area (Å²) in [5.41, 5.74) is 0.640. The van der Waals surface area contributed by atoms with Crippen LogP contribution in [0.4, 0.5) is 5.13 Å². The van der Waals surface area contributed by atoms with E-state index in [1.165, 1.54) is 11.3 Å². The van der Waals surface area contributed by atoms with Gasteiger partial charge < -0.3 is 10.6 Å². The lowest BCUT2D eigenvalue weighted by atomic mass is 9.98. The van der Waals surface area contributed by atoms with Crippen molar-refractivity contribution in [3.63, 3.8) is 0 Å². The van der Waals surface area contributed by atoms with Crippen LogP contribution in [0.2, 0.25) is 10.0 Å². The van der Waals surface area contributed by atoms with E-state index >= 15 is 0 Å².